The topological polar surface area (TPSA) is 46.5 Å². The van der Waals surface area contributed by atoms with Crippen LogP contribution in [0.2, 0.25) is 0 Å². The summed E-state index contributed by atoms with van der Waals surface area (Å²) in [6, 6.07) is 5.33. The average Bonchev–Trinajstić information content (AvgIpc) is 3.18. The number of hydrogen-bond donors (Lipinski definition) is 1. The summed E-state index contributed by atoms with van der Waals surface area (Å²) in [5.41, 5.74) is 1.29. The van der Waals surface area contributed by atoms with Gasteiger partial charge in [-0.1, -0.05) is 12.1 Å². The zero-order chi connectivity index (χ0) is 13.1. The van der Waals surface area contributed by atoms with E-state index in [0.29, 0.717) is 17.2 Å². The SMILES string of the molecule is COc1cccc(C(CC(=O)O)C2CC2)c1CF. The lowest BCUT2D eigenvalue weighted by atomic mass is 9.87. The first-order valence-electron chi connectivity index (χ1n) is 6.11. The molecule has 0 heterocycles. The maximum absolute atomic E-state index is 13.2. The van der Waals surface area contributed by atoms with E-state index in [1.807, 2.05) is 6.07 Å². The highest BCUT2D eigenvalue weighted by atomic mass is 19.1. The number of rotatable bonds is 6. The first kappa shape index (κ1) is 12.9. The van der Waals surface area contributed by atoms with Crippen LogP contribution in [0.25, 0.3) is 0 Å². The fourth-order valence-corrected chi connectivity index (χ4v) is 2.48. The minimum absolute atomic E-state index is 0.0604. The summed E-state index contributed by atoms with van der Waals surface area (Å²) in [5, 5.41) is 8.99. The monoisotopic (exact) mass is 252 g/mol. The predicted octanol–water partition coefficient (Wildman–Crippen LogP) is 3.13. The molecule has 0 saturated heterocycles. The van der Waals surface area contributed by atoms with Crippen LogP contribution < -0.4 is 4.74 Å². The van der Waals surface area contributed by atoms with E-state index in [0.717, 1.165) is 18.4 Å². The van der Waals surface area contributed by atoms with Gasteiger partial charge in [0.15, 0.2) is 0 Å². The largest absolute Gasteiger partial charge is 0.496 e. The molecular weight excluding hydrogens is 235 g/mol. The van der Waals surface area contributed by atoms with Crippen molar-refractivity contribution in [1.29, 1.82) is 0 Å². The van der Waals surface area contributed by atoms with Crippen LogP contribution in [0, 0.1) is 5.92 Å². The Bertz CT molecular complexity index is 441. The molecule has 1 atom stereocenters. The van der Waals surface area contributed by atoms with E-state index in [1.54, 1.807) is 12.1 Å². The van der Waals surface area contributed by atoms with Gasteiger partial charge in [0.25, 0.3) is 0 Å². The zero-order valence-electron chi connectivity index (χ0n) is 10.4. The van der Waals surface area contributed by atoms with E-state index in [9.17, 15) is 9.18 Å². The molecule has 0 aromatic heterocycles. The Hall–Kier alpha value is -1.58. The molecule has 1 aliphatic carbocycles. The van der Waals surface area contributed by atoms with Crippen LogP contribution in [0.3, 0.4) is 0 Å². The van der Waals surface area contributed by atoms with Crippen LogP contribution in [0.1, 0.15) is 36.3 Å². The highest BCUT2D eigenvalue weighted by Gasteiger charge is 2.35. The van der Waals surface area contributed by atoms with E-state index in [2.05, 4.69) is 0 Å². The lowest BCUT2D eigenvalue weighted by Crippen LogP contribution is -2.11. The quantitative estimate of drug-likeness (QED) is 0.846. The number of carbonyl (C=O) groups is 1. The van der Waals surface area contributed by atoms with Crippen LogP contribution in [0.4, 0.5) is 4.39 Å². The van der Waals surface area contributed by atoms with E-state index in [1.165, 1.54) is 7.11 Å². The Morgan fingerprint density at radius 1 is 1.56 bits per heavy atom. The van der Waals surface area contributed by atoms with Gasteiger partial charge in [-0.2, -0.15) is 0 Å². The smallest absolute Gasteiger partial charge is 0.303 e. The number of halogens is 1. The summed E-state index contributed by atoms with van der Waals surface area (Å²) in [7, 11) is 1.50. The van der Waals surface area contributed by atoms with Crippen LogP contribution in [0.5, 0.6) is 5.75 Å². The van der Waals surface area contributed by atoms with Crippen molar-refractivity contribution in [3.63, 3.8) is 0 Å². The van der Waals surface area contributed by atoms with Crippen molar-refractivity contribution in [3.05, 3.63) is 29.3 Å². The molecule has 1 saturated carbocycles. The van der Waals surface area contributed by atoms with Crippen molar-refractivity contribution < 1.29 is 19.0 Å². The summed E-state index contributed by atoms with van der Waals surface area (Å²) in [5.74, 6) is -0.0487. The maximum atomic E-state index is 13.2. The van der Waals surface area contributed by atoms with Gasteiger partial charge in [-0.3, -0.25) is 4.79 Å². The Kier molecular flexibility index (Phi) is 3.84. The van der Waals surface area contributed by atoms with Crippen LogP contribution in [0.15, 0.2) is 18.2 Å². The van der Waals surface area contributed by atoms with Crippen LogP contribution in [-0.4, -0.2) is 18.2 Å². The molecule has 1 N–H and O–H groups in total. The van der Waals surface area contributed by atoms with Crippen molar-refractivity contribution in [2.45, 2.75) is 31.9 Å². The fourth-order valence-electron chi connectivity index (χ4n) is 2.48. The molecule has 1 unspecified atom stereocenters. The normalized spacial score (nSPS) is 16.3. The molecule has 1 fully saturated rings. The second-order valence-electron chi connectivity index (χ2n) is 4.70. The first-order chi connectivity index (χ1) is 8.67. The minimum atomic E-state index is -0.834. The fraction of sp³-hybridized carbons (Fsp3) is 0.500. The summed E-state index contributed by atoms with van der Waals surface area (Å²) in [6.07, 6.45) is 2.12. The van der Waals surface area contributed by atoms with Gasteiger partial charge >= 0.3 is 5.97 Å². The highest BCUT2D eigenvalue weighted by molar-refractivity contribution is 5.68. The van der Waals surface area contributed by atoms with Gasteiger partial charge in [-0.05, 0) is 36.3 Å². The van der Waals surface area contributed by atoms with Gasteiger partial charge in [0.05, 0.1) is 13.5 Å². The maximum Gasteiger partial charge on any atom is 0.303 e. The minimum Gasteiger partial charge on any atom is -0.496 e. The number of benzene rings is 1. The van der Waals surface area contributed by atoms with Gasteiger partial charge in [0.2, 0.25) is 0 Å². The van der Waals surface area contributed by atoms with Crippen molar-refractivity contribution in [2.24, 2.45) is 5.92 Å². The molecule has 1 aromatic rings. The Balaban J connectivity index is 2.36. The standard InChI is InChI=1S/C14H17FO3/c1-18-13-4-2-3-10(12(13)8-15)11(7-14(16)17)9-5-6-9/h2-4,9,11H,5-8H2,1H3,(H,16,17). The number of methoxy groups -OCH3 is 1. The number of aliphatic carboxylic acids is 1. The summed E-state index contributed by atoms with van der Waals surface area (Å²) in [6.45, 7) is -0.623. The number of hydrogen-bond acceptors (Lipinski definition) is 2. The second-order valence-corrected chi connectivity index (χ2v) is 4.70. The lowest BCUT2D eigenvalue weighted by molar-refractivity contribution is -0.137. The molecule has 1 aliphatic rings. The molecule has 0 radical (unpaired) electrons. The predicted molar refractivity (Wildman–Crippen MR) is 65.5 cm³/mol. The molecule has 0 amide bonds. The van der Waals surface area contributed by atoms with E-state index in [-0.39, 0.29) is 12.3 Å². The zero-order valence-corrected chi connectivity index (χ0v) is 10.4. The Morgan fingerprint density at radius 3 is 2.78 bits per heavy atom. The molecule has 0 bridgehead atoms. The van der Waals surface area contributed by atoms with Gasteiger partial charge < -0.3 is 9.84 Å². The van der Waals surface area contributed by atoms with Crippen molar-refractivity contribution in [1.82, 2.24) is 0 Å². The van der Waals surface area contributed by atoms with E-state index in [4.69, 9.17) is 9.84 Å². The van der Waals surface area contributed by atoms with Gasteiger partial charge in [-0.25, -0.2) is 4.39 Å². The first-order valence-corrected chi connectivity index (χ1v) is 6.11. The number of carboxylic acid groups (broad SMARTS) is 1. The van der Waals surface area contributed by atoms with Gasteiger partial charge in [-0.15, -0.1) is 0 Å². The van der Waals surface area contributed by atoms with Crippen LogP contribution >= 0.6 is 0 Å². The molecule has 98 valence electrons. The molecule has 0 aliphatic heterocycles. The Labute approximate surface area is 106 Å². The third-order valence-electron chi connectivity index (χ3n) is 3.51. The summed E-state index contributed by atoms with van der Waals surface area (Å²) in [4.78, 5) is 10.9. The van der Waals surface area contributed by atoms with E-state index >= 15 is 0 Å². The molecule has 2 rings (SSSR count). The number of ether oxygens (including phenoxy) is 1. The van der Waals surface area contributed by atoms with E-state index < -0.39 is 12.6 Å². The summed E-state index contributed by atoms with van der Waals surface area (Å²) < 4.78 is 18.3. The van der Waals surface area contributed by atoms with Gasteiger partial charge in [0.1, 0.15) is 12.4 Å². The molecular formula is C14H17FO3. The average molecular weight is 252 g/mol. The molecule has 18 heavy (non-hydrogen) atoms. The second kappa shape index (κ2) is 5.38. The number of carboxylic acids is 1. The molecule has 1 aromatic carbocycles. The summed E-state index contributed by atoms with van der Waals surface area (Å²) >= 11 is 0. The third-order valence-corrected chi connectivity index (χ3v) is 3.51. The van der Waals surface area contributed by atoms with Crippen molar-refractivity contribution in [2.75, 3.05) is 7.11 Å². The lowest BCUT2D eigenvalue weighted by Gasteiger charge is -2.19. The Morgan fingerprint density at radius 2 is 2.28 bits per heavy atom. The molecule has 4 heteroatoms. The third kappa shape index (κ3) is 2.63. The highest BCUT2D eigenvalue weighted by Crippen LogP contribution is 2.46. The van der Waals surface area contributed by atoms with Crippen molar-refractivity contribution >= 4 is 5.97 Å². The van der Waals surface area contributed by atoms with Gasteiger partial charge in [0, 0.05) is 5.56 Å². The van der Waals surface area contributed by atoms with Crippen LogP contribution in [-0.2, 0) is 11.5 Å². The molecule has 0 spiro atoms. The number of alkyl halides is 1. The van der Waals surface area contributed by atoms with Crippen molar-refractivity contribution in [3.8, 4) is 5.75 Å². The molecule has 3 nitrogen and oxygen atoms in total.